The van der Waals surface area contributed by atoms with E-state index in [0.29, 0.717) is 24.2 Å². The quantitative estimate of drug-likeness (QED) is 0.651. The fourth-order valence-corrected chi connectivity index (χ4v) is 4.12. The van der Waals surface area contributed by atoms with Crippen LogP contribution in [0.2, 0.25) is 0 Å². The van der Waals surface area contributed by atoms with Crippen molar-refractivity contribution >= 4 is 34.8 Å². The Hall–Kier alpha value is -2.93. The number of hydrogen-bond donors (Lipinski definition) is 0. The highest BCUT2D eigenvalue weighted by atomic mass is 32.2. The van der Waals surface area contributed by atoms with Crippen molar-refractivity contribution < 1.29 is 23.5 Å². The Morgan fingerprint density at radius 2 is 1.86 bits per heavy atom. The van der Waals surface area contributed by atoms with Gasteiger partial charge in [0.1, 0.15) is 17.6 Å². The molecule has 1 aliphatic heterocycles. The normalized spacial score (nSPS) is 19.0. The summed E-state index contributed by atoms with van der Waals surface area (Å²) in [5, 5.41) is -0.572. The summed E-state index contributed by atoms with van der Waals surface area (Å²) in [6, 6.07) is 11.6. The van der Waals surface area contributed by atoms with E-state index in [2.05, 4.69) is 0 Å². The van der Waals surface area contributed by atoms with Crippen molar-refractivity contribution in [3.8, 4) is 5.75 Å². The van der Waals surface area contributed by atoms with Gasteiger partial charge in [0.25, 0.3) is 11.1 Å². The molecular weight excluding hydrogens is 393 g/mol. The number of rotatable bonds is 6. The molecule has 2 aliphatic rings. The average Bonchev–Trinajstić information content (AvgIpc) is 3.53. The second-order valence-electron chi connectivity index (χ2n) is 6.93. The van der Waals surface area contributed by atoms with Gasteiger partial charge in [-0.3, -0.25) is 19.3 Å². The van der Waals surface area contributed by atoms with Crippen LogP contribution in [-0.4, -0.2) is 28.9 Å². The smallest absolute Gasteiger partial charge is 0.294 e. The number of carbonyl (C=O) groups is 3. The first-order chi connectivity index (χ1) is 14.0. The lowest BCUT2D eigenvalue weighted by atomic mass is 9.97. The number of imide groups is 1. The summed E-state index contributed by atoms with van der Waals surface area (Å²) in [7, 11) is 1.56. The highest BCUT2D eigenvalue weighted by Gasteiger charge is 2.47. The Labute approximate surface area is 171 Å². The zero-order valence-corrected chi connectivity index (χ0v) is 16.4. The molecule has 0 aromatic heterocycles. The SMILES string of the molecule is COc1ccc(/C=C2\SC(=O)N(C(C(=O)C3CC3)c3ccccc3F)C2=O)cc1. The fourth-order valence-electron chi connectivity index (χ4n) is 3.26. The average molecular weight is 411 g/mol. The Morgan fingerprint density at radius 3 is 2.48 bits per heavy atom. The number of carbonyl (C=O) groups excluding carboxylic acids is 3. The second-order valence-corrected chi connectivity index (χ2v) is 7.92. The first-order valence-corrected chi connectivity index (χ1v) is 10.0. The van der Waals surface area contributed by atoms with E-state index in [1.54, 1.807) is 43.5 Å². The van der Waals surface area contributed by atoms with Gasteiger partial charge in [-0.2, -0.15) is 0 Å². The van der Waals surface area contributed by atoms with Gasteiger partial charge >= 0.3 is 0 Å². The predicted octanol–water partition coefficient (Wildman–Crippen LogP) is 4.59. The molecule has 148 valence electrons. The molecule has 29 heavy (non-hydrogen) atoms. The third kappa shape index (κ3) is 3.82. The molecule has 1 aliphatic carbocycles. The minimum absolute atomic E-state index is 0.0531. The number of amides is 2. The van der Waals surface area contributed by atoms with Gasteiger partial charge in [-0.1, -0.05) is 30.3 Å². The molecule has 7 heteroatoms. The van der Waals surface area contributed by atoms with Crippen LogP contribution < -0.4 is 4.74 Å². The molecule has 1 saturated carbocycles. The van der Waals surface area contributed by atoms with Crippen LogP contribution in [-0.2, 0) is 9.59 Å². The number of hydrogen-bond acceptors (Lipinski definition) is 5. The van der Waals surface area contributed by atoms with E-state index < -0.39 is 23.0 Å². The van der Waals surface area contributed by atoms with Gasteiger partial charge in [0.2, 0.25) is 0 Å². The minimum Gasteiger partial charge on any atom is -0.497 e. The molecule has 2 fully saturated rings. The lowest BCUT2D eigenvalue weighted by Crippen LogP contribution is -2.38. The molecule has 1 atom stereocenters. The molecule has 0 bridgehead atoms. The molecule has 0 N–H and O–H groups in total. The summed E-state index contributed by atoms with van der Waals surface area (Å²) in [5.41, 5.74) is 0.768. The number of ether oxygens (including phenoxy) is 1. The van der Waals surface area contributed by atoms with Crippen LogP contribution in [0.5, 0.6) is 5.75 Å². The zero-order valence-electron chi connectivity index (χ0n) is 15.6. The number of benzene rings is 2. The number of thioether (sulfide) groups is 1. The lowest BCUT2D eigenvalue weighted by Gasteiger charge is -2.25. The van der Waals surface area contributed by atoms with Crippen molar-refractivity contribution in [2.45, 2.75) is 18.9 Å². The summed E-state index contributed by atoms with van der Waals surface area (Å²) in [6.07, 6.45) is 2.98. The Kier molecular flexibility index (Phi) is 5.24. The topological polar surface area (TPSA) is 63.7 Å². The van der Waals surface area contributed by atoms with Crippen molar-refractivity contribution in [2.24, 2.45) is 5.92 Å². The minimum atomic E-state index is -1.24. The van der Waals surface area contributed by atoms with Crippen molar-refractivity contribution in [2.75, 3.05) is 7.11 Å². The van der Waals surface area contributed by atoms with Crippen LogP contribution in [0.1, 0.15) is 30.0 Å². The third-order valence-electron chi connectivity index (χ3n) is 4.94. The van der Waals surface area contributed by atoms with Crippen LogP contribution >= 0.6 is 11.8 Å². The van der Waals surface area contributed by atoms with Crippen LogP contribution in [0.3, 0.4) is 0 Å². The van der Waals surface area contributed by atoms with E-state index >= 15 is 0 Å². The summed E-state index contributed by atoms with van der Waals surface area (Å²) >= 11 is 0.758. The van der Waals surface area contributed by atoms with Crippen molar-refractivity contribution in [3.63, 3.8) is 0 Å². The van der Waals surface area contributed by atoms with Crippen LogP contribution in [0.15, 0.2) is 53.4 Å². The zero-order chi connectivity index (χ0) is 20.5. The predicted molar refractivity (Wildman–Crippen MR) is 108 cm³/mol. The van der Waals surface area contributed by atoms with E-state index in [1.165, 1.54) is 18.2 Å². The first-order valence-electron chi connectivity index (χ1n) is 9.19. The van der Waals surface area contributed by atoms with Gasteiger partial charge in [0, 0.05) is 11.5 Å². The highest BCUT2D eigenvalue weighted by Crippen LogP contribution is 2.43. The van der Waals surface area contributed by atoms with E-state index in [4.69, 9.17) is 4.74 Å². The highest BCUT2D eigenvalue weighted by molar-refractivity contribution is 8.18. The molecule has 4 rings (SSSR count). The maximum absolute atomic E-state index is 14.5. The van der Waals surface area contributed by atoms with Gasteiger partial charge in [-0.05, 0) is 54.4 Å². The maximum atomic E-state index is 14.5. The van der Waals surface area contributed by atoms with Crippen LogP contribution in [0.4, 0.5) is 9.18 Å². The molecule has 1 unspecified atom stereocenters. The van der Waals surface area contributed by atoms with Crippen LogP contribution in [0, 0.1) is 11.7 Å². The number of Topliss-reactive ketones (excluding diaryl/α,β-unsaturated/α-hetero) is 1. The largest absolute Gasteiger partial charge is 0.497 e. The molecule has 2 amide bonds. The number of halogens is 1. The fraction of sp³-hybridized carbons (Fsp3) is 0.227. The molecule has 1 saturated heterocycles. The summed E-state index contributed by atoms with van der Waals surface area (Å²) in [6.45, 7) is 0. The Morgan fingerprint density at radius 1 is 1.17 bits per heavy atom. The van der Waals surface area contributed by atoms with Crippen molar-refractivity contribution in [1.82, 2.24) is 4.90 Å². The van der Waals surface area contributed by atoms with Gasteiger partial charge in [-0.15, -0.1) is 0 Å². The number of ketones is 1. The lowest BCUT2D eigenvalue weighted by molar-refractivity contribution is -0.133. The van der Waals surface area contributed by atoms with Gasteiger partial charge in [0.05, 0.1) is 12.0 Å². The van der Waals surface area contributed by atoms with E-state index in [-0.39, 0.29) is 22.2 Å². The molecule has 5 nitrogen and oxygen atoms in total. The first kappa shape index (κ1) is 19.4. The summed E-state index contributed by atoms with van der Waals surface area (Å²) in [5.74, 6) is -1.05. The van der Waals surface area contributed by atoms with Gasteiger partial charge < -0.3 is 4.74 Å². The standard InChI is InChI=1S/C22H18FNO4S/c1-28-15-10-6-13(7-11-15)12-18-21(26)24(22(27)29-18)19(20(25)14-8-9-14)16-4-2-3-5-17(16)23/h2-7,10-12,14,19H,8-9H2,1H3/b18-12-. The van der Waals surface area contributed by atoms with E-state index in [1.807, 2.05) is 0 Å². The van der Waals surface area contributed by atoms with E-state index in [9.17, 15) is 18.8 Å². The summed E-state index contributed by atoms with van der Waals surface area (Å²) < 4.78 is 19.6. The van der Waals surface area contributed by atoms with Crippen molar-refractivity contribution in [3.05, 3.63) is 70.4 Å². The molecule has 2 aromatic carbocycles. The number of nitrogens with zero attached hydrogens (tertiary/aromatic N) is 1. The molecule has 1 heterocycles. The molecule has 0 spiro atoms. The van der Waals surface area contributed by atoms with Crippen molar-refractivity contribution in [1.29, 1.82) is 0 Å². The molecule has 2 aromatic rings. The van der Waals surface area contributed by atoms with Gasteiger partial charge in [-0.25, -0.2) is 4.39 Å². The monoisotopic (exact) mass is 411 g/mol. The maximum Gasteiger partial charge on any atom is 0.294 e. The third-order valence-corrected chi connectivity index (χ3v) is 5.83. The second kappa shape index (κ2) is 7.83. The number of methoxy groups -OCH3 is 1. The Bertz CT molecular complexity index is 1010. The van der Waals surface area contributed by atoms with E-state index in [0.717, 1.165) is 16.7 Å². The molecular formula is C22H18FNO4S. The Balaban J connectivity index is 1.69. The van der Waals surface area contributed by atoms with Crippen LogP contribution in [0.25, 0.3) is 6.08 Å². The molecule has 0 radical (unpaired) electrons. The summed E-state index contributed by atoms with van der Waals surface area (Å²) in [4.78, 5) is 39.7. The van der Waals surface area contributed by atoms with Gasteiger partial charge in [0.15, 0.2) is 5.78 Å².